The van der Waals surface area contributed by atoms with Gasteiger partial charge in [-0.1, -0.05) is 11.5 Å². The molecule has 0 aromatic carbocycles. The van der Waals surface area contributed by atoms with Crippen LogP contribution in [-0.4, -0.2) is 198 Å². The van der Waals surface area contributed by atoms with Gasteiger partial charge in [-0.25, -0.2) is 9.59 Å². The summed E-state index contributed by atoms with van der Waals surface area (Å²) in [5.41, 5.74) is 8.42. The molecule has 0 bridgehead atoms. The van der Waals surface area contributed by atoms with Gasteiger partial charge in [0.25, 0.3) is 0 Å². The first-order chi connectivity index (χ1) is 25.7. The average Bonchev–Trinajstić information content (AvgIpc) is 3.15. The second-order valence-corrected chi connectivity index (χ2v) is 11.6. The molecule has 2 fully saturated rings. The lowest BCUT2D eigenvalue weighted by molar-refractivity contribution is -0.365. The summed E-state index contributed by atoms with van der Waals surface area (Å²) < 4.78 is 61.9. The van der Waals surface area contributed by atoms with Crippen molar-refractivity contribution in [2.45, 2.75) is 93.6 Å². The second kappa shape index (κ2) is 27.1. The Bertz CT molecular complexity index is 1060. The Morgan fingerprint density at radius 3 is 2.00 bits per heavy atom. The van der Waals surface area contributed by atoms with E-state index in [-0.39, 0.29) is 79.0 Å². The predicted octanol–water partition coefficient (Wildman–Crippen LogP) is -1.88. The van der Waals surface area contributed by atoms with E-state index in [1.54, 1.807) is 6.92 Å². The molecule has 6 N–H and O–H groups in total. The topological polar surface area (TPSA) is 298 Å². The number of methoxy groups -OCH3 is 2. The minimum atomic E-state index is -1.51. The predicted molar refractivity (Wildman–Crippen MR) is 177 cm³/mol. The molecule has 308 valence electrons. The fraction of sp³-hybridized carbons (Fsp3) is 0.935. The fourth-order valence-electron chi connectivity index (χ4n) is 5.64. The van der Waals surface area contributed by atoms with Crippen molar-refractivity contribution in [1.29, 1.82) is 0 Å². The molecule has 2 rings (SSSR count). The standard InChI is InChI=1S/C31H56N4O18/c1-4-47-28(41)19(7-5-6-8-33-35-32)34-31(42)50-16-15-46-18-21-25(27(49-14-11-38)22(39)29(44-3)51-21)53-30-23(40)26(48-13-10-37)24(43-2)20(52-30)17-45-12-9-36/h19-27,29-30,36-40H,4-18H2,1-3H3,(H,34,42)/t19-,20?,21?,22?,23?,24+,25+,26+,27+,29-,30+/m0/s1. The van der Waals surface area contributed by atoms with Gasteiger partial charge in [0, 0.05) is 25.7 Å². The van der Waals surface area contributed by atoms with Crippen molar-refractivity contribution in [3.05, 3.63) is 10.4 Å². The van der Waals surface area contributed by atoms with E-state index in [2.05, 4.69) is 15.3 Å². The van der Waals surface area contributed by atoms with Crippen LogP contribution in [0.5, 0.6) is 0 Å². The maximum absolute atomic E-state index is 12.5. The summed E-state index contributed by atoms with van der Waals surface area (Å²) in [7, 11) is 2.67. The quantitative estimate of drug-likeness (QED) is 0.0175. The number of hydrogen-bond donors (Lipinski definition) is 6. The Hall–Kier alpha value is -2.51. The second-order valence-electron chi connectivity index (χ2n) is 11.6. The van der Waals surface area contributed by atoms with E-state index in [1.165, 1.54) is 14.2 Å². The Morgan fingerprint density at radius 2 is 1.40 bits per heavy atom. The van der Waals surface area contributed by atoms with Gasteiger partial charge in [-0.2, -0.15) is 0 Å². The molecule has 0 radical (unpaired) electrons. The number of rotatable bonds is 27. The van der Waals surface area contributed by atoms with Gasteiger partial charge in [0.05, 0.1) is 66.1 Å². The van der Waals surface area contributed by atoms with Gasteiger partial charge < -0.3 is 83.0 Å². The van der Waals surface area contributed by atoms with Crippen LogP contribution in [0.1, 0.15) is 26.2 Å². The summed E-state index contributed by atoms with van der Waals surface area (Å²) in [5, 5.41) is 56.4. The Kier molecular flexibility index (Phi) is 23.9. The van der Waals surface area contributed by atoms with E-state index in [4.69, 9.17) is 57.6 Å². The fourth-order valence-corrected chi connectivity index (χ4v) is 5.64. The van der Waals surface area contributed by atoms with Crippen molar-refractivity contribution in [1.82, 2.24) is 5.32 Å². The lowest BCUT2D eigenvalue weighted by Crippen LogP contribution is -2.66. The molecule has 2 aliphatic rings. The Balaban J connectivity index is 2.14. The molecule has 53 heavy (non-hydrogen) atoms. The number of unbranched alkanes of at least 4 members (excludes halogenated alkanes) is 1. The molecule has 2 aliphatic heterocycles. The summed E-state index contributed by atoms with van der Waals surface area (Å²) in [6.45, 7) is -0.152. The largest absolute Gasteiger partial charge is 0.464 e. The summed E-state index contributed by atoms with van der Waals surface area (Å²) >= 11 is 0. The molecular formula is C31H56N4O18. The molecule has 0 saturated carbocycles. The first-order valence-corrected chi connectivity index (χ1v) is 17.4. The van der Waals surface area contributed by atoms with Crippen LogP contribution in [0.3, 0.4) is 0 Å². The minimum absolute atomic E-state index is 0.0123. The van der Waals surface area contributed by atoms with Crippen LogP contribution in [0.25, 0.3) is 10.4 Å². The normalized spacial score (nSPS) is 29.2. The summed E-state index contributed by atoms with van der Waals surface area (Å²) in [5.74, 6) is -0.641. The lowest BCUT2D eigenvalue weighted by atomic mass is 9.96. The third-order valence-electron chi connectivity index (χ3n) is 8.02. The van der Waals surface area contributed by atoms with E-state index in [1.807, 2.05) is 0 Å². The summed E-state index contributed by atoms with van der Waals surface area (Å²) in [6, 6.07) is -0.984. The number of ether oxygens (including phenoxy) is 11. The average molecular weight is 773 g/mol. The molecule has 0 aliphatic carbocycles. The highest BCUT2D eigenvalue weighted by Gasteiger charge is 2.52. The van der Waals surface area contributed by atoms with Crippen molar-refractivity contribution >= 4 is 12.1 Å². The molecule has 0 aromatic rings. The molecule has 1 amide bonds. The van der Waals surface area contributed by atoms with Crippen LogP contribution in [0.15, 0.2) is 5.11 Å². The molecule has 22 heteroatoms. The maximum Gasteiger partial charge on any atom is 0.407 e. The van der Waals surface area contributed by atoms with Gasteiger partial charge in [-0.15, -0.1) is 0 Å². The summed E-state index contributed by atoms with van der Waals surface area (Å²) in [6.07, 6.45) is -11.7. The van der Waals surface area contributed by atoms with Crippen molar-refractivity contribution in [3.63, 3.8) is 0 Å². The number of alkyl carbamates (subject to hydrolysis) is 1. The van der Waals surface area contributed by atoms with Gasteiger partial charge in [0.2, 0.25) is 0 Å². The highest BCUT2D eigenvalue weighted by molar-refractivity contribution is 5.81. The Morgan fingerprint density at radius 1 is 0.792 bits per heavy atom. The van der Waals surface area contributed by atoms with Crippen LogP contribution in [-0.2, 0) is 56.9 Å². The third-order valence-corrected chi connectivity index (χ3v) is 8.02. The SMILES string of the molecule is CCOC(=O)[C@H](CCCCN=[N+]=[N-])NC(=O)OCCOCC1O[C@H](OC)C(O)[C@@H](OCCO)[C@@H]1O[C@H]1OC(COCCO)[C@@H](OC)[C@H](OCCO)C1O. The van der Waals surface area contributed by atoms with Crippen LogP contribution in [0, 0.1) is 0 Å². The highest BCUT2D eigenvalue weighted by Crippen LogP contribution is 2.32. The van der Waals surface area contributed by atoms with Crippen molar-refractivity contribution in [3.8, 4) is 0 Å². The zero-order chi connectivity index (χ0) is 39.0. The number of carbonyl (C=O) groups excluding carboxylic acids is 2. The summed E-state index contributed by atoms with van der Waals surface area (Å²) in [4.78, 5) is 27.5. The number of carbonyl (C=O) groups is 2. The lowest BCUT2D eigenvalue weighted by Gasteiger charge is -2.48. The molecule has 2 heterocycles. The number of esters is 1. The number of amides is 1. The van der Waals surface area contributed by atoms with E-state index >= 15 is 0 Å². The molecular weight excluding hydrogens is 716 g/mol. The first-order valence-electron chi connectivity index (χ1n) is 17.4. The van der Waals surface area contributed by atoms with E-state index in [0.29, 0.717) is 12.8 Å². The molecule has 2 saturated heterocycles. The zero-order valence-electron chi connectivity index (χ0n) is 30.3. The van der Waals surface area contributed by atoms with Crippen LogP contribution >= 0.6 is 0 Å². The van der Waals surface area contributed by atoms with E-state index in [9.17, 15) is 35.1 Å². The number of nitrogens with zero attached hydrogens (tertiary/aromatic N) is 3. The molecule has 4 unspecified atom stereocenters. The number of hydrogen-bond acceptors (Lipinski definition) is 19. The zero-order valence-corrected chi connectivity index (χ0v) is 30.3. The van der Waals surface area contributed by atoms with E-state index < -0.39 is 86.1 Å². The molecule has 0 aromatic heterocycles. The van der Waals surface area contributed by atoms with Crippen LogP contribution in [0.4, 0.5) is 4.79 Å². The van der Waals surface area contributed by atoms with Gasteiger partial charge in [0.15, 0.2) is 12.6 Å². The molecule has 11 atom stereocenters. The highest BCUT2D eigenvalue weighted by atomic mass is 16.8. The number of azide groups is 1. The molecule has 0 spiro atoms. The smallest absolute Gasteiger partial charge is 0.407 e. The van der Waals surface area contributed by atoms with E-state index in [0.717, 1.165) is 0 Å². The van der Waals surface area contributed by atoms with Crippen LogP contribution in [0.2, 0.25) is 0 Å². The van der Waals surface area contributed by atoms with Gasteiger partial charge in [0.1, 0.15) is 61.5 Å². The Labute approximate surface area is 307 Å². The molecule has 22 nitrogen and oxygen atoms in total. The minimum Gasteiger partial charge on any atom is -0.464 e. The number of nitrogens with one attached hydrogen (secondary N) is 1. The maximum atomic E-state index is 12.5. The van der Waals surface area contributed by atoms with Crippen molar-refractivity contribution < 1.29 is 87.2 Å². The third kappa shape index (κ3) is 15.6. The van der Waals surface area contributed by atoms with Gasteiger partial charge in [-0.05, 0) is 25.3 Å². The monoisotopic (exact) mass is 772 g/mol. The first kappa shape index (κ1) is 46.6. The van der Waals surface area contributed by atoms with Gasteiger partial charge >= 0.3 is 12.1 Å². The van der Waals surface area contributed by atoms with Crippen LogP contribution < -0.4 is 5.32 Å². The number of aliphatic hydroxyl groups excluding tert-OH is 5. The van der Waals surface area contributed by atoms with Crippen molar-refractivity contribution in [2.24, 2.45) is 5.11 Å². The number of aliphatic hydroxyl groups is 5. The van der Waals surface area contributed by atoms with Gasteiger partial charge in [-0.3, -0.25) is 0 Å². The van der Waals surface area contributed by atoms with Crippen molar-refractivity contribution in [2.75, 3.05) is 93.4 Å².